The van der Waals surface area contributed by atoms with Crippen molar-refractivity contribution < 1.29 is 0 Å². The molecule has 0 atom stereocenters. The first-order valence-electron chi connectivity index (χ1n) is 5.54. The number of rotatable bonds is 7. The van der Waals surface area contributed by atoms with Crippen molar-refractivity contribution in [2.45, 2.75) is 26.3 Å². The van der Waals surface area contributed by atoms with Gasteiger partial charge in [0.15, 0.2) is 0 Å². The van der Waals surface area contributed by atoms with E-state index in [9.17, 15) is 0 Å². The lowest BCUT2D eigenvalue weighted by atomic mass is 10.3. The standard InChI is InChI=1S/C11H20ClN3S/c1-9-11(12)10(15(2)14-9)8-13-6-4-5-7-16-3/h13H,4-8H2,1-3H3. The molecule has 0 radical (unpaired) electrons. The van der Waals surface area contributed by atoms with E-state index in [1.807, 2.05) is 30.4 Å². The molecule has 0 aromatic carbocycles. The summed E-state index contributed by atoms with van der Waals surface area (Å²) in [6.07, 6.45) is 4.63. The smallest absolute Gasteiger partial charge is 0.0860 e. The quantitative estimate of drug-likeness (QED) is 0.766. The Balaban J connectivity index is 2.26. The van der Waals surface area contributed by atoms with Gasteiger partial charge in [-0.15, -0.1) is 0 Å². The number of nitrogens with one attached hydrogen (secondary N) is 1. The highest BCUT2D eigenvalue weighted by Gasteiger charge is 2.09. The van der Waals surface area contributed by atoms with Crippen LogP contribution in [-0.4, -0.2) is 28.3 Å². The van der Waals surface area contributed by atoms with Gasteiger partial charge in [-0.25, -0.2) is 0 Å². The topological polar surface area (TPSA) is 29.9 Å². The Labute approximate surface area is 107 Å². The van der Waals surface area contributed by atoms with Gasteiger partial charge in [0.2, 0.25) is 0 Å². The maximum absolute atomic E-state index is 6.15. The minimum Gasteiger partial charge on any atom is -0.311 e. The summed E-state index contributed by atoms with van der Waals surface area (Å²) in [7, 11) is 1.93. The van der Waals surface area contributed by atoms with E-state index in [1.54, 1.807) is 0 Å². The molecular formula is C11H20ClN3S. The van der Waals surface area contributed by atoms with Gasteiger partial charge in [-0.1, -0.05) is 11.6 Å². The molecule has 92 valence electrons. The van der Waals surface area contributed by atoms with Crippen LogP contribution in [0.1, 0.15) is 24.2 Å². The molecule has 1 aromatic rings. The maximum atomic E-state index is 6.15. The Bertz CT molecular complexity index is 325. The second kappa shape index (κ2) is 7.20. The third-order valence-corrected chi connectivity index (χ3v) is 3.69. The molecular weight excluding hydrogens is 242 g/mol. The molecule has 1 heterocycles. The number of thioether (sulfide) groups is 1. The number of unbranched alkanes of at least 4 members (excludes halogenated alkanes) is 1. The van der Waals surface area contributed by atoms with Crippen molar-refractivity contribution in [3.8, 4) is 0 Å². The lowest BCUT2D eigenvalue weighted by Crippen LogP contribution is -2.17. The molecule has 0 aliphatic rings. The zero-order valence-corrected chi connectivity index (χ0v) is 11.8. The zero-order valence-electron chi connectivity index (χ0n) is 10.2. The molecule has 0 saturated carbocycles. The minimum atomic E-state index is 0.791. The van der Waals surface area contributed by atoms with Crippen LogP contribution < -0.4 is 5.32 Å². The summed E-state index contributed by atoms with van der Waals surface area (Å²) in [6.45, 7) is 3.78. The Morgan fingerprint density at radius 2 is 2.19 bits per heavy atom. The van der Waals surface area contributed by atoms with Gasteiger partial charge in [-0.3, -0.25) is 4.68 Å². The van der Waals surface area contributed by atoms with E-state index >= 15 is 0 Å². The van der Waals surface area contributed by atoms with Crippen LogP contribution in [0.15, 0.2) is 0 Å². The number of hydrogen-bond donors (Lipinski definition) is 1. The van der Waals surface area contributed by atoms with E-state index in [2.05, 4.69) is 16.7 Å². The molecule has 1 rings (SSSR count). The van der Waals surface area contributed by atoms with Gasteiger partial charge < -0.3 is 5.32 Å². The molecule has 0 fully saturated rings. The summed E-state index contributed by atoms with van der Waals surface area (Å²) >= 11 is 8.05. The van der Waals surface area contributed by atoms with Gasteiger partial charge in [0.1, 0.15) is 0 Å². The summed E-state index contributed by atoms with van der Waals surface area (Å²) in [5.74, 6) is 1.24. The Hall–Kier alpha value is -0.190. The first-order chi connectivity index (χ1) is 7.66. The molecule has 0 aliphatic heterocycles. The van der Waals surface area contributed by atoms with E-state index in [0.29, 0.717) is 0 Å². The largest absolute Gasteiger partial charge is 0.311 e. The van der Waals surface area contributed by atoms with Gasteiger partial charge in [0.25, 0.3) is 0 Å². The highest BCUT2D eigenvalue weighted by Crippen LogP contribution is 2.18. The highest BCUT2D eigenvalue weighted by molar-refractivity contribution is 7.98. The van der Waals surface area contributed by atoms with Crippen LogP contribution in [0.3, 0.4) is 0 Å². The molecule has 0 aliphatic carbocycles. The summed E-state index contributed by atoms with van der Waals surface area (Å²) < 4.78 is 1.85. The van der Waals surface area contributed by atoms with Crippen molar-refractivity contribution in [2.75, 3.05) is 18.6 Å². The number of hydrogen-bond acceptors (Lipinski definition) is 3. The normalized spacial score (nSPS) is 11.0. The molecule has 1 aromatic heterocycles. The van der Waals surface area contributed by atoms with Crippen LogP contribution in [0.4, 0.5) is 0 Å². The predicted molar refractivity (Wildman–Crippen MR) is 72.3 cm³/mol. The van der Waals surface area contributed by atoms with Gasteiger partial charge in [0.05, 0.1) is 16.4 Å². The lowest BCUT2D eigenvalue weighted by molar-refractivity contribution is 0.603. The first kappa shape index (κ1) is 13.9. The van der Waals surface area contributed by atoms with Crippen LogP contribution in [0.25, 0.3) is 0 Å². The average molecular weight is 262 g/mol. The van der Waals surface area contributed by atoms with E-state index in [-0.39, 0.29) is 0 Å². The van der Waals surface area contributed by atoms with Crippen molar-refractivity contribution in [2.24, 2.45) is 7.05 Å². The van der Waals surface area contributed by atoms with Gasteiger partial charge in [-0.2, -0.15) is 16.9 Å². The number of aryl methyl sites for hydroxylation is 2. The number of nitrogens with zero attached hydrogens (tertiary/aromatic N) is 2. The van der Waals surface area contributed by atoms with E-state index in [0.717, 1.165) is 29.5 Å². The third-order valence-electron chi connectivity index (χ3n) is 2.51. The lowest BCUT2D eigenvalue weighted by Gasteiger charge is -2.05. The van der Waals surface area contributed by atoms with Crippen molar-refractivity contribution in [1.82, 2.24) is 15.1 Å². The fourth-order valence-corrected chi connectivity index (χ4v) is 2.30. The van der Waals surface area contributed by atoms with E-state index in [4.69, 9.17) is 11.6 Å². The molecule has 0 amide bonds. The van der Waals surface area contributed by atoms with Crippen LogP contribution in [0.2, 0.25) is 5.02 Å². The molecule has 0 saturated heterocycles. The van der Waals surface area contributed by atoms with Crippen molar-refractivity contribution in [1.29, 1.82) is 0 Å². The number of aromatic nitrogens is 2. The number of halogens is 1. The predicted octanol–water partition coefficient (Wildman–Crippen LogP) is 2.61. The highest BCUT2D eigenvalue weighted by atomic mass is 35.5. The summed E-state index contributed by atoms with van der Waals surface area (Å²) in [4.78, 5) is 0. The van der Waals surface area contributed by atoms with Gasteiger partial charge in [0, 0.05) is 13.6 Å². The van der Waals surface area contributed by atoms with Crippen molar-refractivity contribution in [3.63, 3.8) is 0 Å². The van der Waals surface area contributed by atoms with Crippen LogP contribution in [0, 0.1) is 6.92 Å². The summed E-state index contributed by atoms with van der Waals surface area (Å²) in [5, 5.41) is 8.47. The third kappa shape index (κ3) is 4.00. The molecule has 1 N–H and O–H groups in total. The first-order valence-corrected chi connectivity index (χ1v) is 7.31. The van der Waals surface area contributed by atoms with Crippen molar-refractivity contribution in [3.05, 3.63) is 16.4 Å². The van der Waals surface area contributed by atoms with Crippen LogP contribution >= 0.6 is 23.4 Å². The van der Waals surface area contributed by atoms with Gasteiger partial charge >= 0.3 is 0 Å². The Morgan fingerprint density at radius 3 is 2.75 bits per heavy atom. The fourth-order valence-electron chi connectivity index (χ4n) is 1.58. The van der Waals surface area contributed by atoms with Gasteiger partial charge in [-0.05, 0) is 38.3 Å². The summed E-state index contributed by atoms with van der Waals surface area (Å²) in [6, 6.07) is 0. The zero-order chi connectivity index (χ0) is 12.0. The summed E-state index contributed by atoms with van der Waals surface area (Å²) in [5.41, 5.74) is 1.98. The molecule has 5 heteroatoms. The molecule has 0 bridgehead atoms. The van der Waals surface area contributed by atoms with Crippen LogP contribution in [-0.2, 0) is 13.6 Å². The minimum absolute atomic E-state index is 0.791. The Kier molecular flexibility index (Phi) is 6.24. The van der Waals surface area contributed by atoms with Crippen LogP contribution in [0.5, 0.6) is 0 Å². The SMILES string of the molecule is CSCCCCNCc1c(Cl)c(C)nn1C. The van der Waals surface area contributed by atoms with Crippen molar-refractivity contribution >= 4 is 23.4 Å². The van der Waals surface area contributed by atoms with E-state index < -0.39 is 0 Å². The monoisotopic (exact) mass is 261 g/mol. The maximum Gasteiger partial charge on any atom is 0.0860 e. The van der Waals surface area contributed by atoms with E-state index in [1.165, 1.54) is 18.6 Å². The Morgan fingerprint density at radius 1 is 1.44 bits per heavy atom. The molecule has 0 unspecified atom stereocenters. The molecule has 0 spiro atoms. The second-order valence-corrected chi connectivity index (χ2v) is 5.21. The molecule has 16 heavy (non-hydrogen) atoms. The second-order valence-electron chi connectivity index (χ2n) is 3.85. The fraction of sp³-hybridized carbons (Fsp3) is 0.727. The average Bonchev–Trinajstić information content (AvgIpc) is 2.49. The molecule has 3 nitrogen and oxygen atoms in total.